The first-order valence-corrected chi connectivity index (χ1v) is 5.33. The highest BCUT2D eigenvalue weighted by molar-refractivity contribution is 5.93. The summed E-state index contributed by atoms with van der Waals surface area (Å²) >= 11 is 0. The number of carboxylic acid groups (broad SMARTS) is 1. The van der Waals surface area contributed by atoms with Crippen molar-refractivity contribution in [1.82, 2.24) is 5.32 Å². The molecule has 1 aromatic carbocycles. The molecule has 0 bridgehead atoms. The molecule has 1 rings (SSSR count). The van der Waals surface area contributed by atoms with Crippen molar-refractivity contribution < 1.29 is 14.7 Å². The Kier molecular flexibility index (Phi) is 4.94. The van der Waals surface area contributed by atoms with Crippen molar-refractivity contribution in [3.63, 3.8) is 0 Å². The van der Waals surface area contributed by atoms with E-state index in [1.807, 2.05) is 37.3 Å². The first-order valence-electron chi connectivity index (χ1n) is 5.33. The topological polar surface area (TPSA) is 66.4 Å². The molecule has 4 heteroatoms. The lowest BCUT2D eigenvalue weighted by Gasteiger charge is -2.11. The van der Waals surface area contributed by atoms with E-state index < -0.39 is 11.9 Å². The van der Waals surface area contributed by atoms with Gasteiger partial charge in [0.25, 0.3) is 0 Å². The van der Waals surface area contributed by atoms with Crippen molar-refractivity contribution in [3.05, 3.63) is 48.0 Å². The zero-order chi connectivity index (χ0) is 12.7. The van der Waals surface area contributed by atoms with Gasteiger partial charge in [-0.3, -0.25) is 4.79 Å². The van der Waals surface area contributed by atoms with E-state index in [9.17, 15) is 9.59 Å². The van der Waals surface area contributed by atoms with E-state index in [1.165, 1.54) is 0 Å². The number of rotatable bonds is 5. The predicted molar refractivity (Wildman–Crippen MR) is 64.6 cm³/mol. The molecule has 0 aliphatic heterocycles. The van der Waals surface area contributed by atoms with Crippen LogP contribution < -0.4 is 5.32 Å². The second-order valence-electron chi connectivity index (χ2n) is 3.73. The Morgan fingerprint density at radius 2 is 1.94 bits per heavy atom. The summed E-state index contributed by atoms with van der Waals surface area (Å²) in [5.74, 6) is -1.33. The van der Waals surface area contributed by atoms with E-state index in [4.69, 9.17) is 5.11 Å². The van der Waals surface area contributed by atoms with Crippen LogP contribution in [0.25, 0.3) is 0 Å². The molecule has 1 aromatic rings. The average molecular weight is 233 g/mol. The van der Waals surface area contributed by atoms with E-state index >= 15 is 0 Å². The molecule has 0 aromatic heterocycles. The van der Waals surface area contributed by atoms with Crippen molar-refractivity contribution in [2.45, 2.75) is 12.8 Å². The van der Waals surface area contributed by atoms with Crippen molar-refractivity contribution in [1.29, 1.82) is 0 Å². The number of carbonyl (C=O) groups is 2. The summed E-state index contributed by atoms with van der Waals surface area (Å²) in [6.07, 6.45) is 1.84. The van der Waals surface area contributed by atoms with Gasteiger partial charge in [0.15, 0.2) is 0 Å². The Morgan fingerprint density at radius 3 is 2.53 bits per heavy atom. The maximum absolute atomic E-state index is 11.2. The minimum Gasteiger partial charge on any atom is -0.478 e. The van der Waals surface area contributed by atoms with Crippen LogP contribution in [-0.2, 0) is 9.59 Å². The monoisotopic (exact) mass is 233 g/mol. The van der Waals surface area contributed by atoms with Gasteiger partial charge in [-0.1, -0.05) is 37.3 Å². The zero-order valence-corrected chi connectivity index (χ0v) is 9.59. The van der Waals surface area contributed by atoms with Gasteiger partial charge in [0, 0.05) is 18.7 Å². The first kappa shape index (κ1) is 13.0. The van der Waals surface area contributed by atoms with E-state index in [1.54, 1.807) is 0 Å². The number of nitrogens with one attached hydrogen (secondary N) is 1. The van der Waals surface area contributed by atoms with Gasteiger partial charge in [-0.25, -0.2) is 4.79 Å². The molecular formula is C13H15NO3. The summed E-state index contributed by atoms with van der Waals surface area (Å²) in [7, 11) is 0. The van der Waals surface area contributed by atoms with Crippen molar-refractivity contribution >= 4 is 11.9 Å². The van der Waals surface area contributed by atoms with Crippen molar-refractivity contribution in [3.8, 4) is 0 Å². The molecule has 0 fully saturated rings. The molecule has 1 atom stereocenters. The third-order valence-electron chi connectivity index (χ3n) is 2.33. The summed E-state index contributed by atoms with van der Waals surface area (Å²) in [6, 6.07) is 9.80. The zero-order valence-electron chi connectivity index (χ0n) is 9.59. The highest BCUT2D eigenvalue weighted by Crippen LogP contribution is 2.12. The molecule has 0 unspecified atom stereocenters. The van der Waals surface area contributed by atoms with E-state index in [2.05, 4.69) is 5.32 Å². The van der Waals surface area contributed by atoms with Crippen LogP contribution in [-0.4, -0.2) is 23.5 Å². The summed E-state index contributed by atoms with van der Waals surface area (Å²) < 4.78 is 0. The van der Waals surface area contributed by atoms with E-state index in [0.717, 1.165) is 17.7 Å². The molecule has 90 valence electrons. The number of carboxylic acids is 1. The van der Waals surface area contributed by atoms with Gasteiger partial charge in [-0.05, 0) is 11.5 Å². The molecule has 0 radical (unpaired) electrons. The molecule has 0 saturated heterocycles. The fourth-order valence-corrected chi connectivity index (χ4v) is 1.36. The number of hydrogen-bond donors (Lipinski definition) is 2. The Hall–Kier alpha value is -2.10. The second kappa shape index (κ2) is 6.48. The highest BCUT2D eigenvalue weighted by atomic mass is 16.4. The predicted octanol–water partition coefficient (Wildman–Crippen LogP) is 1.55. The van der Waals surface area contributed by atoms with Gasteiger partial charge in [0.1, 0.15) is 0 Å². The highest BCUT2D eigenvalue weighted by Gasteiger charge is 2.05. The van der Waals surface area contributed by atoms with Crippen LogP contribution in [0.1, 0.15) is 18.4 Å². The smallest absolute Gasteiger partial charge is 0.328 e. The van der Waals surface area contributed by atoms with Crippen LogP contribution in [0.15, 0.2) is 42.5 Å². The van der Waals surface area contributed by atoms with Gasteiger partial charge >= 0.3 is 5.97 Å². The molecule has 0 aliphatic carbocycles. The second-order valence-corrected chi connectivity index (χ2v) is 3.73. The maximum Gasteiger partial charge on any atom is 0.328 e. The maximum atomic E-state index is 11.2. The van der Waals surface area contributed by atoms with Gasteiger partial charge in [-0.15, -0.1) is 0 Å². The molecule has 0 spiro atoms. The Labute approximate surface area is 100.0 Å². The molecule has 17 heavy (non-hydrogen) atoms. The number of amides is 1. The summed E-state index contributed by atoms with van der Waals surface area (Å²) in [6.45, 7) is 2.48. The minimum atomic E-state index is -1.13. The summed E-state index contributed by atoms with van der Waals surface area (Å²) in [5.41, 5.74) is 1.13. The lowest BCUT2D eigenvalue weighted by Crippen LogP contribution is -2.25. The summed E-state index contributed by atoms with van der Waals surface area (Å²) in [5, 5.41) is 11.0. The third kappa shape index (κ3) is 4.97. The average Bonchev–Trinajstić information content (AvgIpc) is 2.34. The Morgan fingerprint density at radius 1 is 1.29 bits per heavy atom. The number of carbonyl (C=O) groups excluding carboxylic acids is 1. The van der Waals surface area contributed by atoms with Gasteiger partial charge in [0.2, 0.25) is 5.91 Å². The van der Waals surface area contributed by atoms with Crippen molar-refractivity contribution in [2.75, 3.05) is 6.54 Å². The van der Waals surface area contributed by atoms with Crippen LogP contribution in [0.3, 0.4) is 0 Å². The third-order valence-corrected chi connectivity index (χ3v) is 2.33. The lowest BCUT2D eigenvalue weighted by molar-refractivity contribution is -0.131. The lowest BCUT2D eigenvalue weighted by atomic mass is 10.0. The quantitative estimate of drug-likeness (QED) is 0.758. The Bertz CT molecular complexity index is 412. The molecule has 0 saturated carbocycles. The van der Waals surface area contributed by atoms with Crippen LogP contribution in [0, 0.1) is 0 Å². The van der Waals surface area contributed by atoms with E-state index in [-0.39, 0.29) is 5.92 Å². The molecule has 0 heterocycles. The summed E-state index contributed by atoms with van der Waals surface area (Å²) in [4.78, 5) is 21.4. The van der Waals surface area contributed by atoms with Gasteiger partial charge in [0.05, 0.1) is 0 Å². The fourth-order valence-electron chi connectivity index (χ4n) is 1.36. The van der Waals surface area contributed by atoms with Crippen LogP contribution in [0.2, 0.25) is 0 Å². The van der Waals surface area contributed by atoms with Crippen LogP contribution in [0.4, 0.5) is 0 Å². The SMILES string of the molecule is C[C@H](CNC(=O)/C=C/C(=O)O)c1ccccc1. The van der Waals surface area contributed by atoms with Crippen LogP contribution >= 0.6 is 0 Å². The largest absolute Gasteiger partial charge is 0.478 e. The van der Waals surface area contributed by atoms with Gasteiger partial charge in [-0.2, -0.15) is 0 Å². The normalized spacial score (nSPS) is 12.3. The Balaban J connectivity index is 2.41. The van der Waals surface area contributed by atoms with Gasteiger partial charge < -0.3 is 10.4 Å². The number of benzene rings is 1. The van der Waals surface area contributed by atoms with E-state index in [0.29, 0.717) is 6.54 Å². The fraction of sp³-hybridized carbons (Fsp3) is 0.231. The molecule has 4 nitrogen and oxygen atoms in total. The molecule has 1 amide bonds. The van der Waals surface area contributed by atoms with Crippen LogP contribution in [0.5, 0.6) is 0 Å². The molecule has 2 N–H and O–H groups in total. The minimum absolute atomic E-state index is 0.193. The standard InChI is InChI=1S/C13H15NO3/c1-10(11-5-3-2-4-6-11)9-14-12(15)7-8-13(16)17/h2-8,10H,9H2,1H3,(H,14,15)(H,16,17)/b8-7+/t10-/m1/s1. The first-order chi connectivity index (χ1) is 8.09. The van der Waals surface area contributed by atoms with Crippen molar-refractivity contribution in [2.24, 2.45) is 0 Å². The molecule has 0 aliphatic rings. The molecular weight excluding hydrogens is 218 g/mol. The number of hydrogen-bond acceptors (Lipinski definition) is 2. The number of aliphatic carboxylic acids is 1.